The maximum Gasteiger partial charge on any atom is 0.327 e. The average molecular weight is 272 g/mol. The molecule has 0 aliphatic carbocycles. The fraction of sp³-hybridized carbons (Fsp3) is 0.182. The number of aliphatic carboxylic acids is 1. The first-order valence-electron chi connectivity index (χ1n) is 4.34. The highest BCUT2D eigenvalue weighted by atomic mass is 79.9. The quantitative estimate of drug-likeness (QED) is 0.610. The molecule has 0 saturated carbocycles. The molecule has 0 atom stereocenters. The molecule has 0 heterocycles. The third-order valence-corrected chi connectivity index (χ3v) is 2.15. The summed E-state index contributed by atoms with van der Waals surface area (Å²) in [5.41, 5.74) is 7.55. The van der Waals surface area contributed by atoms with Crippen molar-refractivity contribution >= 4 is 27.6 Å². The molecular formula is C11H14BrNO2. The molecule has 1 rings (SSSR count). The maximum atomic E-state index is 9.51. The highest BCUT2D eigenvalue weighted by molar-refractivity contribution is 9.10. The molecular weight excluding hydrogens is 258 g/mol. The predicted octanol–water partition coefficient (Wildman–Crippen LogP) is 2.99. The van der Waals surface area contributed by atoms with E-state index in [9.17, 15) is 4.79 Å². The van der Waals surface area contributed by atoms with Gasteiger partial charge in [-0.15, -0.1) is 0 Å². The van der Waals surface area contributed by atoms with Crippen molar-refractivity contribution in [1.29, 1.82) is 0 Å². The van der Waals surface area contributed by atoms with E-state index in [0.29, 0.717) is 0 Å². The lowest BCUT2D eigenvalue weighted by Crippen LogP contribution is -1.85. The largest absolute Gasteiger partial charge is 0.478 e. The minimum absolute atomic E-state index is 0.792. The molecule has 0 aliphatic heterocycles. The van der Waals surface area contributed by atoms with E-state index in [1.807, 2.05) is 25.1 Å². The fourth-order valence-corrected chi connectivity index (χ4v) is 1.27. The Bertz CT molecular complexity index is 362. The highest BCUT2D eigenvalue weighted by Crippen LogP contribution is 2.19. The van der Waals surface area contributed by atoms with Gasteiger partial charge >= 0.3 is 5.97 Å². The lowest BCUT2D eigenvalue weighted by atomic mass is 10.2. The number of hydrogen-bond donors (Lipinski definition) is 2. The Hall–Kier alpha value is -1.29. The van der Waals surface area contributed by atoms with E-state index in [-0.39, 0.29) is 0 Å². The Labute approximate surface area is 97.7 Å². The molecule has 0 amide bonds. The van der Waals surface area contributed by atoms with Gasteiger partial charge < -0.3 is 10.8 Å². The Morgan fingerprint density at radius 1 is 1.53 bits per heavy atom. The highest BCUT2D eigenvalue weighted by Gasteiger charge is 1.91. The molecule has 0 fully saturated rings. The number of rotatable bonds is 1. The van der Waals surface area contributed by atoms with Crippen molar-refractivity contribution in [3.63, 3.8) is 0 Å². The van der Waals surface area contributed by atoms with Gasteiger partial charge in [0.05, 0.1) is 0 Å². The van der Waals surface area contributed by atoms with Gasteiger partial charge in [-0.2, -0.15) is 0 Å². The number of aryl methyl sites for hydroxylation is 1. The van der Waals surface area contributed by atoms with E-state index >= 15 is 0 Å². The molecule has 0 bridgehead atoms. The summed E-state index contributed by atoms with van der Waals surface area (Å²) in [5, 5.41) is 7.83. The van der Waals surface area contributed by atoms with Gasteiger partial charge in [0.15, 0.2) is 0 Å². The van der Waals surface area contributed by atoms with Crippen molar-refractivity contribution in [3.05, 3.63) is 40.4 Å². The number of carbonyl (C=O) groups is 1. The first-order valence-corrected chi connectivity index (χ1v) is 5.14. The smallest absolute Gasteiger partial charge is 0.327 e. The average Bonchev–Trinajstić information content (AvgIpc) is 2.13. The van der Waals surface area contributed by atoms with Gasteiger partial charge in [-0.05, 0) is 47.5 Å². The number of anilines is 1. The predicted molar refractivity (Wildman–Crippen MR) is 65.7 cm³/mol. The molecule has 0 spiro atoms. The Kier molecular flexibility index (Phi) is 6.45. The molecule has 0 unspecified atom stereocenters. The molecule has 0 saturated heterocycles. The van der Waals surface area contributed by atoms with Gasteiger partial charge in [-0.1, -0.05) is 12.1 Å². The van der Waals surface area contributed by atoms with Crippen LogP contribution in [0.5, 0.6) is 0 Å². The standard InChI is InChI=1S/C7H8BrN.C4H6O2/c1-5-2-3-7(9)6(8)4-5;1-2-3-4(5)6/h2-4H,9H2,1H3;2-3H,1H3,(H,5,6). The van der Waals surface area contributed by atoms with Crippen LogP contribution in [0.3, 0.4) is 0 Å². The lowest BCUT2D eigenvalue weighted by Gasteiger charge is -1.96. The fourth-order valence-electron chi connectivity index (χ4n) is 0.775. The van der Waals surface area contributed by atoms with E-state index in [0.717, 1.165) is 16.2 Å². The summed E-state index contributed by atoms with van der Waals surface area (Å²) in [6.45, 7) is 3.69. The molecule has 1 aromatic carbocycles. The molecule has 0 aromatic heterocycles. The van der Waals surface area contributed by atoms with Crippen molar-refractivity contribution in [2.24, 2.45) is 0 Å². The zero-order chi connectivity index (χ0) is 11.8. The molecule has 3 nitrogen and oxygen atoms in total. The summed E-state index contributed by atoms with van der Waals surface area (Å²) < 4.78 is 0.975. The number of nitrogen functional groups attached to an aromatic ring is 1. The molecule has 4 heteroatoms. The normalized spacial score (nSPS) is 9.53. The van der Waals surface area contributed by atoms with E-state index in [1.165, 1.54) is 11.6 Å². The molecule has 15 heavy (non-hydrogen) atoms. The van der Waals surface area contributed by atoms with Gasteiger partial charge in [-0.25, -0.2) is 4.79 Å². The molecule has 1 aromatic rings. The second-order valence-corrected chi connectivity index (χ2v) is 3.72. The van der Waals surface area contributed by atoms with Crippen LogP contribution < -0.4 is 5.73 Å². The topological polar surface area (TPSA) is 63.3 Å². The molecule has 3 N–H and O–H groups in total. The van der Waals surface area contributed by atoms with Gasteiger partial charge in [-0.3, -0.25) is 0 Å². The number of hydrogen-bond acceptors (Lipinski definition) is 2. The summed E-state index contributed by atoms with van der Waals surface area (Å²) in [5.74, 6) is -0.891. The van der Waals surface area contributed by atoms with Crippen molar-refractivity contribution < 1.29 is 9.90 Å². The van der Waals surface area contributed by atoms with Crippen LogP contribution in [0, 0.1) is 6.92 Å². The first-order chi connectivity index (χ1) is 6.97. The summed E-state index contributed by atoms with van der Waals surface area (Å²) >= 11 is 3.32. The first kappa shape index (κ1) is 13.7. The second kappa shape index (κ2) is 7.06. The number of halogens is 1. The minimum atomic E-state index is -0.891. The third-order valence-electron chi connectivity index (χ3n) is 1.47. The summed E-state index contributed by atoms with van der Waals surface area (Å²) in [7, 11) is 0. The van der Waals surface area contributed by atoms with Crippen LogP contribution in [0.2, 0.25) is 0 Å². The van der Waals surface area contributed by atoms with Crippen LogP contribution in [0.1, 0.15) is 12.5 Å². The lowest BCUT2D eigenvalue weighted by molar-refractivity contribution is -0.131. The van der Waals surface area contributed by atoms with E-state index in [2.05, 4.69) is 15.9 Å². The second-order valence-electron chi connectivity index (χ2n) is 2.86. The van der Waals surface area contributed by atoms with E-state index in [1.54, 1.807) is 6.92 Å². The van der Waals surface area contributed by atoms with E-state index in [4.69, 9.17) is 10.8 Å². The Balaban J connectivity index is 0.000000288. The van der Waals surface area contributed by atoms with Gasteiger partial charge in [0, 0.05) is 16.2 Å². The van der Waals surface area contributed by atoms with Crippen molar-refractivity contribution in [2.45, 2.75) is 13.8 Å². The van der Waals surface area contributed by atoms with Crippen LogP contribution >= 0.6 is 15.9 Å². The zero-order valence-electron chi connectivity index (χ0n) is 8.70. The van der Waals surface area contributed by atoms with Gasteiger partial charge in [0.2, 0.25) is 0 Å². The summed E-state index contributed by atoms with van der Waals surface area (Å²) in [4.78, 5) is 9.51. The van der Waals surface area contributed by atoms with Crippen molar-refractivity contribution in [2.75, 3.05) is 5.73 Å². The SMILES string of the molecule is CC=CC(=O)O.Cc1ccc(N)c(Br)c1. The van der Waals surface area contributed by atoms with Crippen LogP contribution in [0.15, 0.2) is 34.8 Å². The maximum absolute atomic E-state index is 9.51. The number of nitrogens with two attached hydrogens (primary N) is 1. The number of benzene rings is 1. The van der Waals surface area contributed by atoms with Crippen molar-refractivity contribution in [1.82, 2.24) is 0 Å². The van der Waals surface area contributed by atoms with Crippen LogP contribution in [0.25, 0.3) is 0 Å². The van der Waals surface area contributed by atoms with Crippen LogP contribution in [-0.2, 0) is 4.79 Å². The Morgan fingerprint density at radius 3 is 2.40 bits per heavy atom. The van der Waals surface area contributed by atoms with Gasteiger partial charge in [0.1, 0.15) is 0 Å². The van der Waals surface area contributed by atoms with Gasteiger partial charge in [0.25, 0.3) is 0 Å². The summed E-state index contributed by atoms with van der Waals surface area (Å²) in [6.07, 6.45) is 2.56. The number of allylic oxidation sites excluding steroid dienone is 1. The molecule has 0 aliphatic rings. The van der Waals surface area contributed by atoms with Crippen molar-refractivity contribution in [3.8, 4) is 0 Å². The molecule has 0 radical (unpaired) electrons. The minimum Gasteiger partial charge on any atom is -0.478 e. The monoisotopic (exact) mass is 271 g/mol. The summed E-state index contributed by atoms with van der Waals surface area (Å²) in [6, 6.07) is 5.87. The van der Waals surface area contributed by atoms with E-state index < -0.39 is 5.97 Å². The van der Waals surface area contributed by atoms with Crippen LogP contribution in [-0.4, -0.2) is 11.1 Å². The number of carboxylic acid groups (broad SMARTS) is 1. The zero-order valence-corrected chi connectivity index (χ0v) is 10.3. The number of carboxylic acids is 1. The third kappa shape index (κ3) is 6.74. The van der Waals surface area contributed by atoms with Crippen LogP contribution in [0.4, 0.5) is 5.69 Å². The molecule has 82 valence electrons. The Morgan fingerprint density at radius 2 is 2.13 bits per heavy atom.